The minimum absolute atomic E-state index is 0.285. The van der Waals surface area contributed by atoms with Crippen LogP contribution >= 0.6 is 0 Å². The van der Waals surface area contributed by atoms with Gasteiger partial charge in [-0.1, -0.05) is 44.9 Å². The molecule has 1 aromatic rings. The van der Waals surface area contributed by atoms with Crippen molar-refractivity contribution in [1.82, 2.24) is 0 Å². The van der Waals surface area contributed by atoms with Crippen molar-refractivity contribution < 1.29 is 4.79 Å². The number of anilines is 1. The van der Waals surface area contributed by atoms with Gasteiger partial charge in [0.05, 0.1) is 6.42 Å². The van der Waals surface area contributed by atoms with Crippen LogP contribution in [0.5, 0.6) is 0 Å². The minimum atomic E-state index is -0.285. The number of hydrogen-bond donors (Lipinski definition) is 2. The SMILES string of the molecule is CCCC(CCC)Nc1ccccc1CC(N)=O. The van der Waals surface area contributed by atoms with Gasteiger partial charge in [0, 0.05) is 11.7 Å². The molecule has 1 aromatic carbocycles. The predicted octanol–water partition coefficient (Wildman–Crippen LogP) is 3.10. The first-order valence-electron chi connectivity index (χ1n) is 6.80. The Balaban J connectivity index is 2.77. The fraction of sp³-hybridized carbons (Fsp3) is 0.533. The van der Waals surface area contributed by atoms with E-state index in [2.05, 4.69) is 19.2 Å². The molecule has 0 saturated heterocycles. The average Bonchev–Trinajstić information content (AvgIpc) is 2.31. The first-order chi connectivity index (χ1) is 8.67. The van der Waals surface area contributed by atoms with Gasteiger partial charge < -0.3 is 11.1 Å². The van der Waals surface area contributed by atoms with Crippen molar-refractivity contribution in [3.63, 3.8) is 0 Å². The number of nitrogens with one attached hydrogen (secondary N) is 1. The molecular formula is C15H24N2O. The molecule has 18 heavy (non-hydrogen) atoms. The maximum Gasteiger partial charge on any atom is 0.221 e. The van der Waals surface area contributed by atoms with Crippen molar-refractivity contribution in [3.05, 3.63) is 29.8 Å². The topological polar surface area (TPSA) is 55.1 Å². The molecule has 100 valence electrons. The van der Waals surface area contributed by atoms with E-state index in [0.717, 1.165) is 36.9 Å². The van der Waals surface area contributed by atoms with E-state index in [1.165, 1.54) is 0 Å². The van der Waals surface area contributed by atoms with Crippen LogP contribution in [0.1, 0.15) is 45.1 Å². The molecule has 1 amide bonds. The lowest BCUT2D eigenvalue weighted by Gasteiger charge is -2.20. The quantitative estimate of drug-likeness (QED) is 0.742. The standard InChI is InChI=1S/C15H24N2O/c1-3-7-13(8-4-2)17-14-10-6-5-9-12(14)11-15(16)18/h5-6,9-10,13,17H,3-4,7-8,11H2,1-2H3,(H2,16,18). The molecule has 1 rings (SSSR count). The molecular weight excluding hydrogens is 224 g/mol. The van der Waals surface area contributed by atoms with E-state index in [1.807, 2.05) is 24.3 Å². The first kappa shape index (κ1) is 14.6. The zero-order chi connectivity index (χ0) is 13.4. The van der Waals surface area contributed by atoms with Gasteiger partial charge in [-0.05, 0) is 24.5 Å². The van der Waals surface area contributed by atoms with Crippen molar-refractivity contribution in [2.75, 3.05) is 5.32 Å². The lowest BCUT2D eigenvalue weighted by atomic mass is 10.0. The summed E-state index contributed by atoms with van der Waals surface area (Å²) in [5.74, 6) is -0.285. The highest BCUT2D eigenvalue weighted by atomic mass is 16.1. The van der Waals surface area contributed by atoms with Gasteiger partial charge in [-0.3, -0.25) is 4.79 Å². The molecule has 0 saturated carbocycles. The Kier molecular flexibility index (Phi) is 6.26. The summed E-state index contributed by atoms with van der Waals surface area (Å²) >= 11 is 0. The molecule has 0 bridgehead atoms. The molecule has 0 aliphatic heterocycles. The fourth-order valence-electron chi connectivity index (χ4n) is 2.21. The second-order valence-corrected chi connectivity index (χ2v) is 4.72. The Morgan fingerprint density at radius 1 is 1.22 bits per heavy atom. The number of hydrogen-bond acceptors (Lipinski definition) is 2. The number of primary amides is 1. The monoisotopic (exact) mass is 248 g/mol. The number of carbonyl (C=O) groups excluding carboxylic acids is 1. The van der Waals surface area contributed by atoms with Crippen molar-refractivity contribution in [2.24, 2.45) is 5.73 Å². The van der Waals surface area contributed by atoms with Crippen LogP contribution in [-0.4, -0.2) is 11.9 Å². The van der Waals surface area contributed by atoms with Gasteiger partial charge in [-0.25, -0.2) is 0 Å². The smallest absolute Gasteiger partial charge is 0.221 e. The highest BCUT2D eigenvalue weighted by Gasteiger charge is 2.10. The van der Waals surface area contributed by atoms with Crippen LogP contribution in [0.3, 0.4) is 0 Å². The Morgan fingerprint density at radius 3 is 2.39 bits per heavy atom. The summed E-state index contributed by atoms with van der Waals surface area (Å²) in [6.45, 7) is 4.39. The largest absolute Gasteiger partial charge is 0.382 e. The van der Waals surface area contributed by atoms with Crippen molar-refractivity contribution >= 4 is 11.6 Å². The summed E-state index contributed by atoms with van der Waals surface area (Å²) in [6.07, 6.45) is 4.93. The van der Waals surface area contributed by atoms with Crippen molar-refractivity contribution in [1.29, 1.82) is 0 Å². The summed E-state index contributed by atoms with van der Waals surface area (Å²) in [6, 6.07) is 8.40. The van der Waals surface area contributed by atoms with Gasteiger partial charge in [0.15, 0.2) is 0 Å². The average molecular weight is 248 g/mol. The lowest BCUT2D eigenvalue weighted by Crippen LogP contribution is -2.21. The molecule has 0 aliphatic rings. The Morgan fingerprint density at radius 2 is 1.83 bits per heavy atom. The molecule has 3 nitrogen and oxygen atoms in total. The molecule has 0 fully saturated rings. The van der Waals surface area contributed by atoms with Gasteiger partial charge in [0.25, 0.3) is 0 Å². The second kappa shape index (κ2) is 7.75. The van der Waals surface area contributed by atoms with Gasteiger partial charge in [0.2, 0.25) is 5.91 Å². The highest BCUT2D eigenvalue weighted by molar-refractivity contribution is 5.78. The van der Waals surface area contributed by atoms with E-state index >= 15 is 0 Å². The maximum absolute atomic E-state index is 11.1. The van der Waals surface area contributed by atoms with Gasteiger partial charge in [0.1, 0.15) is 0 Å². The van der Waals surface area contributed by atoms with Gasteiger partial charge >= 0.3 is 0 Å². The summed E-state index contributed by atoms with van der Waals surface area (Å²) < 4.78 is 0. The van der Waals surface area contributed by atoms with E-state index in [1.54, 1.807) is 0 Å². The van der Waals surface area contributed by atoms with Crippen molar-refractivity contribution in [3.8, 4) is 0 Å². The molecule has 0 radical (unpaired) electrons. The number of carbonyl (C=O) groups is 1. The fourth-order valence-corrected chi connectivity index (χ4v) is 2.21. The lowest BCUT2D eigenvalue weighted by molar-refractivity contribution is -0.117. The van der Waals surface area contributed by atoms with Crippen LogP contribution in [-0.2, 0) is 11.2 Å². The van der Waals surface area contributed by atoms with Crippen LogP contribution in [0.4, 0.5) is 5.69 Å². The van der Waals surface area contributed by atoms with Crippen LogP contribution in [0.15, 0.2) is 24.3 Å². The highest BCUT2D eigenvalue weighted by Crippen LogP contribution is 2.19. The first-order valence-corrected chi connectivity index (χ1v) is 6.80. The van der Waals surface area contributed by atoms with Crippen LogP contribution in [0.25, 0.3) is 0 Å². The molecule has 0 spiro atoms. The number of nitrogens with two attached hydrogens (primary N) is 1. The van der Waals surface area contributed by atoms with Crippen LogP contribution in [0.2, 0.25) is 0 Å². The molecule has 0 aromatic heterocycles. The summed E-state index contributed by atoms with van der Waals surface area (Å²) in [5.41, 5.74) is 7.31. The third-order valence-electron chi connectivity index (χ3n) is 3.02. The maximum atomic E-state index is 11.1. The molecule has 0 aliphatic carbocycles. The second-order valence-electron chi connectivity index (χ2n) is 4.72. The Hall–Kier alpha value is -1.51. The Labute approximate surface area is 110 Å². The van der Waals surface area contributed by atoms with E-state index in [-0.39, 0.29) is 5.91 Å². The zero-order valence-electron chi connectivity index (χ0n) is 11.4. The number of para-hydroxylation sites is 1. The Bertz CT molecular complexity index is 371. The van der Waals surface area contributed by atoms with E-state index in [4.69, 9.17) is 5.73 Å². The molecule has 3 heteroatoms. The summed E-state index contributed by atoms with van der Waals surface area (Å²) in [4.78, 5) is 11.1. The van der Waals surface area contributed by atoms with Crippen LogP contribution in [0, 0.1) is 0 Å². The minimum Gasteiger partial charge on any atom is -0.382 e. The van der Waals surface area contributed by atoms with Gasteiger partial charge in [-0.15, -0.1) is 0 Å². The number of amides is 1. The van der Waals surface area contributed by atoms with Crippen LogP contribution < -0.4 is 11.1 Å². The third kappa shape index (κ3) is 4.78. The number of benzene rings is 1. The number of rotatable bonds is 8. The third-order valence-corrected chi connectivity index (χ3v) is 3.02. The molecule has 0 atom stereocenters. The van der Waals surface area contributed by atoms with E-state index in [9.17, 15) is 4.79 Å². The zero-order valence-corrected chi connectivity index (χ0v) is 11.4. The predicted molar refractivity (Wildman–Crippen MR) is 76.6 cm³/mol. The van der Waals surface area contributed by atoms with Gasteiger partial charge in [-0.2, -0.15) is 0 Å². The summed E-state index contributed by atoms with van der Waals surface area (Å²) in [7, 11) is 0. The van der Waals surface area contributed by atoms with E-state index in [0.29, 0.717) is 12.5 Å². The summed E-state index contributed by atoms with van der Waals surface area (Å²) in [5, 5.41) is 3.55. The molecule has 3 N–H and O–H groups in total. The molecule has 0 unspecified atom stereocenters. The molecule has 0 heterocycles. The van der Waals surface area contributed by atoms with Crippen molar-refractivity contribution in [2.45, 2.75) is 52.0 Å². The van der Waals surface area contributed by atoms with E-state index < -0.39 is 0 Å². The normalized spacial score (nSPS) is 10.6.